The van der Waals surface area contributed by atoms with Gasteiger partial charge in [0.1, 0.15) is 5.52 Å². The second kappa shape index (κ2) is 7.43. The van der Waals surface area contributed by atoms with Crippen LogP contribution in [0.2, 0.25) is 0 Å². The van der Waals surface area contributed by atoms with Crippen LogP contribution in [0.1, 0.15) is 42.1 Å². The highest BCUT2D eigenvalue weighted by molar-refractivity contribution is 6.06. The molecule has 1 fully saturated rings. The zero-order chi connectivity index (χ0) is 18.8. The number of nitrogens with one attached hydrogen (secondary N) is 1. The van der Waals surface area contributed by atoms with Crippen LogP contribution in [0, 0.1) is 5.92 Å². The van der Waals surface area contributed by atoms with Crippen LogP contribution in [0.5, 0.6) is 0 Å². The zero-order valence-electron chi connectivity index (χ0n) is 15.6. The predicted molar refractivity (Wildman–Crippen MR) is 108 cm³/mol. The Hall–Kier alpha value is -2.82. The summed E-state index contributed by atoms with van der Waals surface area (Å²) in [5.41, 5.74) is 3.28. The van der Waals surface area contributed by atoms with E-state index < -0.39 is 0 Å². The summed E-state index contributed by atoms with van der Waals surface area (Å²) in [6.07, 6.45) is 3.59. The molecule has 0 saturated carbocycles. The maximum absolute atomic E-state index is 12.6. The molecule has 2 heterocycles. The van der Waals surface area contributed by atoms with Crippen LogP contribution >= 0.6 is 0 Å². The number of imidazole rings is 1. The summed E-state index contributed by atoms with van der Waals surface area (Å²) < 4.78 is 1.69. The quantitative estimate of drug-likeness (QED) is 0.706. The van der Waals surface area contributed by atoms with Crippen molar-refractivity contribution in [2.24, 2.45) is 5.92 Å². The molecule has 140 valence electrons. The Morgan fingerprint density at radius 2 is 1.81 bits per heavy atom. The number of fused-ring (bicyclic) bond motifs is 1. The molecule has 0 unspecified atom stereocenters. The highest BCUT2D eigenvalue weighted by Gasteiger charge is 2.24. The fourth-order valence-electron chi connectivity index (χ4n) is 4.10. The predicted octanol–water partition coefficient (Wildman–Crippen LogP) is 3.51. The van der Waals surface area contributed by atoms with Crippen LogP contribution in [-0.2, 0) is 6.42 Å². The van der Waals surface area contributed by atoms with Crippen molar-refractivity contribution < 1.29 is 4.79 Å². The van der Waals surface area contributed by atoms with Crippen molar-refractivity contribution in [3.63, 3.8) is 0 Å². The van der Waals surface area contributed by atoms with Gasteiger partial charge in [-0.25, -0.2) is 9.47 Å². The lowest BCUT2D eigenvalue weighted by Gasteiger charge is -2.34. The minimum atomic E-state index is -0.164. The fraction of sp³-hybridized carbons (Fsp3) is 0.364. The highest BCUT2D eigenvalue weighted by atomic mass is 16.2. The lowest BCUT2D eigenvalue weighted by atomic mass is 9.91. The van der Waals surface area contributed by atoms with E-state index in [9.17, 15) is 9.59 Å². The topological polar surface area (TPSA) is 58.1 Å². The number of H-pyrrole nitrogens is 1. The van der Waals surface area contributed by atoms with Gasteiger partial charge in [-0.3, -0.25) is 4.79 Å². The van der Waals surface area contributed by atoms with Crippen LogP contribution in [0.25, 0.3) is 11.0 Å². The first kappa shape index (κ1) is 17.6. The number of Topliss-reactive ketones (excluding diaryl/α,β-unsaturated/α-hetero) is 1. The molecule has 1 N–H and O–H groups in total. The lowest BCUT2D eigenvalue weighted by Crippen LogP contribution is -2.46. The molecule has 1 aromatic heterocycles. The molecule has 5 nitrogen and oxygen atoms in total. The summed E-state index contributed by atoms with van der Waals surface area (Å²) in [6.45, 7) is 3.49. The zero-order valence-corrected chi connectivity index (χ0v) is 15.6. The highest BCUT2D eigenvalue weighted by Crippen LogP contribution is 2.23. The second-order valence-electron chi connectivity index (χ2n) is 7.31. The number of aromatic nitrogens is 2. The molecule has 1 saturated heterocycles. The SMILES string of the molecule is CCC(=O)c1cccc2[nH]c(=O)n(N3CCC(Cc4ccccc4)CC3)c12. The van der Waals surface area contributed by atoms with E-state index in [2.05, 4.69) is 34.3 Å². The first-order chi connectivity index (χ1) is 13.2. The maximum atomic E-state index is 12.6. The number of aromatic amines is 1. The summed E-state index contributed by atoms with van der Waals surface area (Å²) in [4.78, 5) is 27.9. The first-order valence-electron chi connectivity index (χ1n) is 9.73. The molecular formula is C22H25N3O2. The minimum absolute atomic E-state index is 0.0623. The number of hydrogen-bond donors (Lipinski definition) is 1. The number of para-hydroxylation sites is 1. The smallest absolute Gasteiger partial charge is 0.308 e. The average molecular weight is 363 g/mol. The number of piperidine rings is 1. The Bertz CT molecular complexity index is 995. The molecule has 4 rings (SSSR count). The van der Waals surface area contributed by atoms with Crippen LogP contribution in [-0.4, -0.2) is 28.5 Å². The minimum Gasteiger partial charge on any atom is -0.308 e. The molecule has 0 atom stereocenters. The fourth-order valence-corrected chi connectivity index (χ4v) is 4.10. The Balaban J connectivity index is 1.58. The van der Waals surface area contributed by atoms with Gasteiger partial charge in [0.2, 0.25) is 0 Å². The van der Waals surface area contributed by atoms with Gasteiger partial charge in [-0.2, -0.15) is 0 Å². The third-order valence-corrected chi connectivity index (χ3v) is 5.54. The van der Waals surface area contributed by atoms with Crippen molar-refractivity contribution in [2.45, 2.75) is 32.6 Å². The number of rotatable bonds is 5. The number of nitrogens with zero attached hydrogens (tertiary/aromatic N) is 2. The van der Waals surface area contributed by atoms with E-state index >= 15 is 0 Å². The van der Waals surface area contributed by atoms with Gasteiger partial charge in [0.15, 0.2) is 5.78 Å². The average Bonchev–Trinajstić information content (AvgIpc) is 3.04. The van der Waals surface area contributed by atoms with Crippen LogP contribution in [0.4, 0.5) is 0 Å². The lowest BCUT2D eigenvalue weighted by molar-refractivity contribution is 0.0989. The van der Waals surface area contributed by atoms with Crippen molar-refractivity contribution in [1.29, 1.82) is 0 Å². The Morgan fingerprint density at radius 1 is 1.07 bits per heavy atom. The summed E-state index contributed by atoms with van der Waals surface area (Å²) >= 11 is 0. The van der Waals surface area contributed by atoms with Gasteiger partial charge < -0.3 is 9.99 Å². The monoisotopic (exact) mass is 363 g/mol. The Kier molecular flexibility index (Phi) is 4.84. The molecule has 3 aromatic rings. The van der Waals surface area contributed by atoms with Crippen LogP contribution in [0.3, 0.4) is 0 Å². The first-order valence-corrected chi connectivity index (χ1v) is 9.73. The summed E-state index contributed by atoms with van der Waals surface area (Å²) in [5, 5.41) is 2.09. The molecular weight excluding hydrogens is 338 g/mol. The standard InChI is InChI=1S/C22H25N3O2/c1-2-20(26)18-9-6-10-19-21(18)25(22(27)23-19)24-13-11-17(12-14-24)15-16-7-4-3-5-8-16/h3-10,17H,2,11-15H2,1H3,(H,23,27). The van der Waals surface area contributed by atoms with Crippen LogP contribution < -0.4 is 10.7 Å². The molecule has 0 amide bonds. The van der Waals surface area contributed by atoms with Crippen molar-refractivity contribution in [3.8, 4) is 0 Å². The van der Waals surface area contributed by atoms with Crippen molar-refractivity contribution in [1.82, 2.24) is 9.66 Å². The number of carbonyl (C=O) groups is 1. The Labute approximate surface area is 158 Å². The molecule has 0 aliphatic carbocycles. The summed E-state index contributed by atoms with van der Waals surface area (Å²) in [6, 6.07) is 16.1. The van der Waals surface area contributed by atoms with E-state index in [1.807, 2.05) is 31.2 Å². The Morgan fingerprint density at radius 3 is 2.52 bits per heavy atom. The summed E-state index contributed by atoms with van der Waals surface area (Å²) in [7, 11) is 0. The van der Waals surface area contributed by atoms with Gasteiger partial charge in [0.05, 0.1) is 5.52 Å². The summed E-state index contributed by atoms with van der Waals surface area (Å²) in [5.74, 6) is 0.689. The molecule has 27 heavy (non-hydrogen) atoms. The number of hydrogen-bond acceptors (Lipinski definition) is 3. The van der Waals surface area contributed by atoms with E-state index in [0.717, 1.165) is 43.4 Å². The largest absolute Gasteiger partial charge is 0.345 e. The molecule has 0 radical (unpaired) electrons. The van der Waals surface area contributed by atoms with Gasteiger partial charge >= 0.3 is 5.69 Å². The number of ketones is 1. The molecule has 1 aliphatic heterocycles. The van der Waals surface area contributed by atoms with E-state index in [0.29, 0.717) is 17.9 Å². The van der Waals surface area contributed by atoms with Crippen molar-refractivity contribution in [3.05, 3.63) is 70.1 Å². The second-order valence-corrected chi connectivity index (χ2v) is 7.31. The maximum Gasteiger partial charge on any atom is 0.345 e. The third-order valence-electron chi connectivity index (χ3n) is 5.54. The van der Waals surface area contributed by atoms with Gasteiger partial charge in [-0.1, -0.05) is 43.3 Å². The molecule has 0 bridgehead atoms. The van der Waals surface area contributed by atoms with Gasteiger partial charge in [0.25, 0.3) is 0 Å². The van der Waals surface area contributed by atoms with E-state index in [4.69, 9.17) is 0 Å². The molecule has 5 heteroatoms. The third kappa shape index (κ3) is 3.42. The number of benzene rings is 2. The molecule has 1 aliphatic rings. The molecule has 0 spiro atoms. The van der Waals surface area contributed by atoms with E-state index in [1.54, 1.807) is 4.68 Å². The van der Waals surface area contributed by atoms with Gasteiger partial charge in [-0.15, -0.1) is 0 Å². The van der Waals surface area contributed by atoms with Gasteiger partial charge in [-0.05, 0) is 42.9 Å². The normalized spacial score (nSPS) is 15.4. The van der Waals surface area contributed by atoms with Crippen molar-refractivity contribution >= 4 is 16.8 Å². The number of carbonyl (C=O) groups excluding carboxylic acids is 1. The van der Waals surface area contributed by atoms with Crippen LogP contribution in [0.15, 0.2) is 53.3 Å². The van der Waals surface area contributed by atoms with Crippen molar-refractivity contribution in [2.75, 3.05) is 18.1 Å². The van der Waals surface area contributed by atoms with E-state index in [-0.39, 0.29) is 11.5 Å². The molecule has 2 aromatic carbocycles. The van der Waals surface area contributed by atoms with Gasteiger partial charge in [0, 0.05) is 25.1 Å². The van der Waals surface area contributed by atoms with E-state index in [1.165, 1.54) is 5.56 Å².